The van der Waals surface area contributed by atoms with Crippen LogP contribution in [0.5, 0.6) is 11.5 Å². The van der Waals surface area contributed by atoms with Crippen LogP contribution in [0.25, 0.3) is 0 Å². The van der Waals surface area contributed by atoms with Gasteiger partial charge < -0.3 is 14.8 Å². The zero-order chi connectivity index (χ0) is 17.5. The molecule has 2 aromatic rings. The molecule has 0 radical (unpaired) electrons. The molecule has 0 saturated heterocycles. The first-order valence-electron chi connectivity index (χ1n) is 6.89. The SMILES string of the molecule is COc1cc(CNC#N)cc(Cl)c1OCc1ccc([N+](=O)[O-])cc1. The molecular weight excluding hydrogens is 334 g/mol. The normalized spacial score (nSPS) is 9.88. The Morgan fingerprint density at radius 2 is 2.00 bits per heavy atom. The van der Waals surface area contributed by atoms with Crippen molar-refractivity contribution in [2.75, 3.05) is 7.11 Å². The number of halogens is 1. The molecule has 0 aliphatic heterocycles. The van der Waals surface area contributed by atoms with Gasteiger partial charge in [-0.15, -0.1) is 0 Å². The molecule has 0 spiro atoms. The summed E-state index contributed by atoms with van der Waals surface area (Å²) in [7, 11) is 1.49. The average molecular weight is 348 g/mol. The Bertz CT molecular complexity index is 772. The second kappa shape index (κ2) is 8.04. The third-order valence-electron chi connectivity index (χ3n) is 3.19. The van der Waals surface area contributed by atoms with Crippen LogP contribution in [0.15, 0.2) is 36.4 Å². The highest BCUT2D eigenvalue weighted by atomic mass is 35.5. The van der Waals surface area contributed by atoms with E-state index in [9.17, 15) is 10.1 Å². The van der Waals surface area contributed by atoms with Crippen LogP contribution >= 0.6 is 11.6 Å². The third-order valence-corrected chi connectivity index (χ3v) is 3.47. The minimum Gasteiger partial charge on any atom is -0.493 e. The van der Waals surface area contributed by atoms with Crippen molar-refractivity contribution in [3.63, 3.8) is 0 Å². The van der Waals surface area contributed by atoms with Gasteiger partial charge in [0.05, 0.1) is 23.6 Å². The van der Waals surface area contributed by atoms with Crippen molar-refractivity contribution < 1.29 is 14.4 Å². The number of nitrogens with one attached hydrogen (secondary N) is 1. The molecule has 2 rings (SSSR count). The topological polar surface area (TPSA) is 97.4 Å². The molecule has 0 bridgehead atoms. The summed E-state index contributed by atoms with van der Waals surface area (Å²) >= 11 is 6.22. The lowest BCUT2D eigenvalue weighted by Crippen LogP contribution is -2.05. The number of nitro benzene ring substituents is 1. The van der Waals surface area contributed by atoms with Gasteiger partial charge in [-0.25, -0.2) is 0 Å². The summed E-state index contributed by atoms with van der Waals surface area (Å²) in [4.78, 5) is 10.2. The predicted octanol–water partition coefficient (Wildman–Crippen LogP) is 3.41. The van der Waals surface area contributed by atoms with E-state index >= 15 is 0 Å². The van der Waals surface area contributed by atoms with Crippen LogP contribution in [0.3, 0.4) is 0 Å². The van der Waals surface area contributed by atoms with Crippen molar-refractivity contribution in [1.29, 1.82) is 5.26 Å². The second-order valence-electron chi connectivity index (χ2n) is 4.79. The molecule has 0 aliphatic carbocycles. The van der Waals surface area contributed by atoms with Crippen LogP contribution < -0.4 is 14.8 Å². The van der Waals surface area contributed by atoms with E-state index in [1.807, 2.05) is 6.19 Å². The van der Waals surface area contributed by atoms with Gasteiger partial charge >= 0.3 is 0 Å². The highest BCUT2D eigenvalue weighted by Crippen LogP contribution is 2.37. The summed E-state index contributed by atoms with van der Waals surface area (Å²) < 4.78 is 11.0. The van der Waals surface area contributed by atoms with Gasteiger partial charge in [0.2, 0.25) is 0 Å². The largest absolute Gasteiger partial charge is 0.493 e. The number of benzene rings is 2. The zero-order valence-electron chi connectivity index (χ0n) is 12.8. The molecule has 24 heavy (non-hydrogen) atoms. The van der Waals surface area contributed by atoms with Crippen molar-refractivity contribution >= 4 is 17.3 Å². The van der Waals surface area contributed by atoms with Crippen LogP contribution in [0.1, 0.15) is 11.1 Å². The molecule has 124 valence electrons. The van der Waals surface area contributed by atoms with Crippen LogP contribution in [0, 0.1) is 21.6 Å². The summed E-state index contributed by atoms with van der Waals surface area (Å²) in [5, 5.41) is 22.1. The summed E-state index contributed by atoms with van der Waals surface area (Å²) in [5.74, 6) is 0.817. The van der Waals surface area contributed by atoms with Gasteiger partial charge in [0.1, 0.15) is 6.61 Å². The Balaban J connectivity index is 2.14. The van der Waals surface area contributed by atoms with E-state index in [-0.39, 0.29) is 12.3 Å². The highest BCUT2D eigenvalue weighted by Gasteiger charge is 2.13. The van der Waals surface area contributed by atoms with E-state index in [1.165, 1.54) is 19.2 Å². The van der Waals surface area contributed by atoms with E-state index in [2.05, 4.69) is 5.32 Å². The quantitative estimate of drug-likeness (QED) is 0.357. The van der Waals surface area contributed by atoms with Crippen LogP contribution in [0.4, 0.5) is 5.69 Å². The summed E-state index contributed by atoms with van der Waals surface area (Å²) in [6.07, 6.45) is 1.83. The van der Waals surface area contributed by atoms with Gasteiger partial charge in [0.15, 0.2) is 17.7 Å². The summed E-state index contributed by atoms with van der Waals surface area (Å²) in [5.41, 5.74) is 1.55. The number of methoxy groups -OCH3 is 1. The smallest absolute Gasteiger partial charge is 0.269 e. The van der Waals surface area contributed by atoms with Crippen molar-refractivity contribution in [3.05, 3.63) is 62.7 Å². The number of non-ortho nitro benzene ring substituents is 1. The summed E-state index contributed by atoms with van der Waals surface area (Å²) in [6.45, 7) is 0.513. The molecule has 0 aromatic heterocycles. The van der Waals surface area contributed by atoms with Crippen molar-refractivity contribution in [3.8, 4) is 17.7 Å². The maximum Gasteiger partial charge on any atom is 0.269 e. The number of nitro groups is 1. The minimum absolute atomic E-state index is 0.0173. The lowest BCUT2D eigenvalue weighted by molar-refractivity contribution is -0.384. The van der Waals surface area contributed by atoms with E-state index in [0.717, 1.165) is 11.1 Å². The summed E-state index contributed by atoms with van der Waals surface area (Å²) in [6, 6.07) is 9.46. The lowest BCUT2D eigenvalue weighted by Gasteiger charge is -2.14. The third kappa shape index (κ3) is 4.27. The van der Waals surface area contributed by atoms with Crippen LogP contribution in [0.2, 0.25) is 5.02 Å². The fraction of sp³-hybridized carbons (Fsp3) is 0.188. The second-order valence-corrected chi connectivity index (χ2v) is 5.19. The van der Waals surface area contributed by atoms with Gasteiger partial charge in [-0.1, -0.05) is 11.6 Å². The van der Waals surface area contributed by atoms with E-state index in [4.69, 9.17) is 26.3 Å². The highest BCUT2D eigenvalue weighted by molar-refractivity contribution is 6.32. The fourth-order valence-electron chi connectivity index (χ4n) is 2.03. The van der Waals surface area contributed by atoms with Crippen molar-refractivity contribution in [2.45, 2.75) is 13.2 Å². The number of nitrogens with zero attached hydrogens (tertiary/aromatic N) is 2. The Morgan fingerprint density at radius 3 is 2.58 bits per heavy atom. The monoisotopic (exact) mass is 347 g/mol. The predicted molar refractivity (Wildman–Crippen MR) is 87.9 cm³/mol. The van der Waals surface area contributed by atoms with E-state index in [0.29, 0.717) is 23.1 Å². The molecule has 7 nitrogen and oxygen atoms in total. The first-order chi connectivity index (χ1) is 11.5. The fourth-order valence-corrected chi connectivity index (χ4v) is 2.31. The molecule has 8 heteroatoms. The number of hydrogen-bond donors (Lipinski definition) is 1. The van der Waals surface area contributed by atoms with E-state index < -0.39 is 4.92 Å². The molecule has 0 unspecified atom stereocenters. The molecule has 0 fully saturated rings. The van der Waals surface area contributed by atoms with Crippen molar-refractivity contribution in [2.24, 2.45) is 0 Å². The first-order valence-corrected chi connectivity index (χ1v) is 7.27. The van der Waals surface area contributed by atoms with Gasteiger partial charge in [-0.2, -0.15) is 5.26 Å². The molecule has 0 atom stereocenters. The number of hydrogen-bond acceptors (Lipinski definition) is 6. The van der Waals surface area contributed by atoms with Gasteiger partial charge in [0.25, 0.3) is 5.69 Å². The maximum atomic E-state index is 10.6. The standard InChI is InChI=1S/C16H14ClN3O4/c1-23-15-7-12(8-19-10-18)6-14(17)16(15)24-9-11-2-4-13(5-3-11)20(21)22/h2-7,19H,8-9H2,1H3. The first kappa shape index (κ1) is 17.4. The van der Waals surface area contributed by atoms with E-state index in [1.54, 1.807) is 24.3 Å². The zero-order valence-corrected chi connectivity index (χ0v) is 13.5. The Hall–Kier alpha value is -2.98. The molecule has 2 aromatic carbocycles. The molecule has 1 N–H and O–H groups in total. The number of ether oxygens (including phenoxy) is 2. The Morgan fingerprint density at radius 1 is 1.29 bits per heavy atom. The number of nitriles is 1. The lowest BCUT2D eigenvalue weighted by atomic mass is 10.2. The number of rotatable bonds is 7. The Kier molecular flexibility index (Phi) is 5.82. The minimum atomic E-state index is -0.460. The van der Waals surface area contributed by atoms with Gasteiger partial charge in [-0.3, -0.25) is 10.1 Å². The van der Waals surface area contributed by atoms with Crippen LogP contribution in [-0.2, 0) is 13.2 Å². The van der Waals surface area contributed by atoms with Gasteiger partial charge in [-0.05, 0) is 35.4 Å². The van der Waals surface area contributed by atoms with Crippen molar-refractivity contribution in [1.82, 2.24) is 5.32 Å². The molecular formula is C16H14ClN3O4. The molecule has 0 amide bonds. The maximum absolute atomic E-state index is 10.6. The molecule has 0 heterocycles. The molecule has 0 saturated carbocycles. The van der Waals surface area contributed by atoms with Gasteiger partial charge in [0, 0.05) is 12.1 Å². The average Bonchev–Trinajstić information content (AvgIpc) is 2.58. The Labute approximate surface area is 143 Å². The molecule has 0 aliphatic rings. The van der Waals surface area contributed by atoms with Crippen LogP contribution in [-0.4, -0.2) is 12.0 Å².